The fourth-order valence-corrected chi connectivity index (χ4v) is 6.48. The van der Waals surface area contributed by atoms with Crippen LogP contribution in [0.1, 0.15) is 42.5 Å². The summed E-state index contributed by atoms with van der Waals surface area (Å²) in [7, 11) is 0. The minimum atomic E-state index is -1.21. The molecule has 0 fully saturated rings. The molecule has 3 atom stereocenters. The van der Waals surface area contributed by atoms with E-state index in [2.05, 4.69) is 0 Å². The number of anilines is 1. The quantitative estimate of drug-likeness (QED) is 0.290. The number of carbonyl (C=O) groups excluding carboxylic acids is 3. The van der Waals surface area contributed by atoms with E-state index in [0.29, 0.717) is 16.9 Å². The van der Waals surface area contributed by atoms with Gasteiger partial charge in [0.2, 0.25) is 0 Å². The molecule has 41 heavy (non-hydrogen) atoms. The van der Waals surface area contributed by atoms with Gasteiger partial charge in [-0.3, -0.25) is 14.5 Å². The summed E-state index contributed by atoms with van der Waals surface area (Å²) < 4.78 is 39.2. The van der Waals surface area contributed by atoms with Crippen molar-refractivity contribution in [2.45, 2.75) is 32.1 Å². The van der Waals surface area contributed by atoms with E-state index >= 15 is 0 Å². The van der Waals surface area contributed by atoms with E-state index in [1.54, 1.807) is 19.9 Å². The lowest BCUT2D eigenvalue weighted by Crippen LogP contribution is -2.46. The molecular formula is C31H28F2N2O5S. The summed E-state index contributed by atoms with van der Waals surface area (Å²) >= 11 is 1.40. The van der Waals surface area contributed by atoms with Crippen molar-refractivity contribution in [3.05, 3.63) is 111 Å². The lowest BCUT2D eigenvalue weighted by atomic mass is 9.68. The Kier molecular flexibility index (Phi) is 8.03. The van der Waals surface area contributed by atoms with Gasteiger partial charge in [-0.1, -0.05) is 18.2 Å². The molecule has 0 unspecified atom stereocenters. The molecule has 10 heteroatoms. The summed E-state index contributed by atoms with van der Waals surface area (Å²) in [6.45, 7) is 3.38. The van der Waals surface area contributed by atoms with E-state index in [4.69, 9.17) is 15.2 Å². The van der Waals surface area contributed by atoms with Gasteiger partial charge in [0.05, 0.1) is 24.7 Å². The zero-order valence-electron chi connectivity index (χ0n) is 22.4. The zero-order valence-corrected chi connectivity index (χ0v) is 23.3. The Balaban J connectivity index is 1.82. The van der Waals surface area contributed by atoms with Crippen molar-refractivity contribution in [1.82, 2.24) is 0 Å². The predicted molar refractivity (Wildman–Crippen MR) is 150 cm³/mol. The SMILES string of the molecule is CCOC(=O)C1=C(N)N(c2ccc(F)cc2)C2=C(C(=O)[C@H](C(=O)OCC)[C@H](c3cccs3)C2)[C@H]1c1cccc(F)c1. The van der Waals surface area contributed by atoms with Crippen molar-refractivity contribution in [2.75, 3.05) is 18.1 Å². The summed E-state index contributed by atoms with van der Waals surface area (Å²) in [4.78, 5) is 43.7. The van der Waals surface area contributed by atoms with Gasteiger partial charge in [-0.2, -0.15) is 0 Å². The lowest BCUT2D eigenvalue weighted by Gasteiger charge is -2.43. The molecule has 5 rings (SSSR count). The third kappa shape index (κ3) is 5.15. The number of halogens is 2. The Morgan fingerprint density at radius 3 is 2.37 bits per heavy atom. The minimum absolute atomic E-state index is 0.0216. The normalized spacial score (nSPS) is 20.6. The second-order valence-electron chi connectivity index (χ2n) is 9.60. The molecule has 3 aromatic rings. The number of hydrogen-bond donors (Lipinski definition) is 1. The summed E-state index contributed by atoms with van der Waals surface area (Å²) in [5.41, 5.74) is 7.90. The summed E-state index contributed by atoms with van der Waals surface area (Å²) in [5, 5.41) is 1.85. The third-order valence-electron chi connectivity index (χ3n) is 7.25. The van der Waals surface area contributed by atoms with Crippen LogP contribution in [-0.2, 0) is 23.9 Å². The van der Waals surface area contributed by atoms with Gasteiger partial charge in [-0.25, -0.2) is 13.6 Å². The van der Waals surface area contributed by atoms with Gasteiger partial charge in [0, 0.05) is 27.8 Å². The molecule has 2 heterocycles. The highest BCUT2D eigenvalue weighted by atomic mass is 32.1. The molecule has 2 aliphatic rings. The van der Waals surface area contributed by atoms with Crippen LogP contribution in [0.15, 0.2) is 88.7 Å². The maximum Gasteiger partial charge on any atom is 0.338 e. The number of carbonyl (C=O) groups is 3. The number of ketones is 1. The van der Waals surface area contributed by atoms with E-state index in [-0.39, 0.29) is 36.6 Å². The molecule has 0 saturated heterocycles. The van der Waals surface area contributed by atoms with Crippen LogP contribution in [0, 0.1) is 17.6 Å². The first-order chi connectivity index (χ1) is 19.8. The molecule has 0 spiro atoms. The Bertz CT molecular complexity index is 1550. The molecular weight excluding hydrogens is 550 g/mol. The molecule has 0 amide bonds. The van der Waals surface area contributed by atoms with Gasteiger partial charge in [-0.15, -0.1) is 11.3 Å². The van der Waals surface area contributed by atoms with Crippen LogP contribution in [0.25, 0.3) is 0 Å². The van der Waals surface area contributed by atoms with Crippen LogP contribution >= 0.6 is 11.3 Å². The van der Waals surface area contributed by atoms with Crippen LogP contribution in [0.3, 0.4) is 0 Å². The molecule has 1 aliphatic heterocycles. The number of thiophene rings is 1. The number of ether oxygens (including phenoxy) is 2. The Morgan fingerprint density at radius 2 is 1.73 bits per heavy atom. The van der Waals surface area contributed by atoms with Crippen LogP contribution in [0.4, 0.5) is 14.5 Å². The number of Topliss-reactive ketones (excluding diaryl/α,β-unsaturated/α-hetero) is 1. The fraction of sp³-hybridized carbons (Fsp3) is 0.258. The van der Waals surface area contributed by atoms with Crippen molar-refractivity contribution >= 4 is 34.7 Å². The van der Waals surface area contributed by atoms with Crippen molar-refractivity contribution in [2.24, 2.45) is 11.7 Å². The molecule has 0 radical (unpaired) electrons. The molecule has 212 valence electrons. The average Bonchev–Trinajstić information content (AvgIpc) is 3.48. The van der Waals surface area contributed by atoms with E-state index in [0.717, 1.165) is 4.88 Å². The Hall–Kier alpha value is -4.31. The molecule has 0 bridgehead atoms. The lowest BCUT2D eigenvalue weighted by molar-refractivity contribution is -0.152. The smallest absolute Gasteiger partial charge is 0.338 e. The third-order valence-corrected chi connectivity index (χ3v) is 8.25. The van der Waals surface area contributed by atoms with Gasteiger partial charge in [0.15, 0.2) is 5.78 Å². The van der Waals surface area contributed by atoms with Crippen molar-refractivity contribution in [3.63, 3.8) is 0 Å². The number of allylic oxidation sites excluding steroid dienone is 2. The molecule has 1 aromatic heterocycles. The first-order valence-corrected chi connectivity index (χ1v) is 14.1. The van der Waals surface area contributed by atoms with Crippen molar-refractivity contribution in [1.29, 1.82) is 0 Å². The average molecular weight is 579 g/mol. The summed E-state index contributed by atoms with van der Waals surface area (Å²) in [6, 6.07) is 14.7. The molecule has 0 saturated carbocycles. The van der Waals surface area contributed by atoms with E-state index in [1.807, 2.05) is 17.5 Å². The first-order valence-electron chi connectivity index (χ1n) is 13.2. The highest BCUT2D eigenvalue weighted by molar-refractivity contribution is 7.10. The van der Waals surface area contributed by atoms with Gasteiger partial charge in [0.1, 0.15) is 23.4 Å². The summed E-state index contributed by atoms with van der Waals surface area (Å²) in [6.07, 6.45) is 0.172. The molecule has 2 N–H and O–H groups in total. The topological polar surface area (TPSA) is 98.9 Å². The van der Waals surface area contributed by atoms with Gasteiger partial charge in [-0.05, 0) is 73.7 Å². The number of esters is 2. The van der Waals surface area contributed by atoms with Crippen LogP contribution in [-0.4, -0.2) is 30.9 Å². The maximum absolute atomic E-state index is 14.6. The largest absolute Gasteiger partial charge is 0.465 e. The number of nitrogens with zero attached hydrogens (tertiary/aromatic N) is 1. The molecule has 2 aromatic carbocycles. The van der Waals surface area contributed by atoms with E-state index < -0.39 is 47.1 Å². The Labute approximate surface area is 239 Å². The molecule has 1 aliphatic carbocycles. The predicted octanol–water partition coefficient (Wildman–Crippen LogP) is 5.55. The van der Waals surface area contributed by atoms with Gasteiger partial charge in [0.25, 0.3) is 0 Å². The van der Waals surface area contributed by atoms with Gasteiger partial charge < -0.3 is 15.2 Å². The monoisotopic (exact) mass is 578 g/mol. The van der Waals surface area contributed by atoms with Crippen LogP contribution in [0.5, 0.6) is 0 Å². The fourth-order valence-electron chi connectivity index (χ4n) is 5.61. The summed E-state index contributed by atoms with van der Waals surface area (Å²) in [5.74, 6) is -6.04. The van der Waals surface area contributed by atoms with Crippen molar-refractivity contribution < 1.29 is 32.6 Å². The standard InChI is InChI=1S/C31H28F2N2O5S/c1-3-39-30(37)25-21(23-9-6-14-41-23)16-22-26(28(25)36)24(17-7-5-8-19(33)15-17)27(31(38)40-4-2)29(34)35(22)20-12-10-18(32)11-13-20/h5-15,21,24-25H,3-4,16,34H2,1-2H3/t21-,24+,25+/m0/s1. The van der Waals surface area contributed by atoms with Crippen LogP contribution in [0.2, 0.25) is 0 Å². The second-order valence-corrected chi connectivity index (χ2v) is 10.6. The number of hydrogen-bond acceptors (Lipinski definition) is 8. The number of nitrogens with two attached hydrogens (primary N) is 1. The molecule has 7 nitrogen and oxygen atoms in total. The van der Waals surface area contributed by atoms with Crippen LogP contribution < -0.4 is 10.6 Å². The second kappa shape index (κ2) is 11.7. The highest BCUT2D eigenvalue weighted by Gasteiger charge is 2.51. The first kappa shape index (κ1) is 28.2. The van der Waals surface area contributed by atoms with E-state index in [1.165, 1.54) is 58.7 Å². The Morgan fingerprint density at radius 1 is 1.00 bits per heavy atom. The number of rotatable bonds is 7. The maximum atomic E-state index is 14.6. The van der Waals surface area contributed by atoms with Crippen molar-refractivity contribution in [3.8, 4) is 0 Å². The minimum Gasteiger partial charge on any atom is -0.465 e. The number of benzene rings is 2. The van der Waals surface area contributed by atoms with Gasteiger partial charge >= 0.3 is 11.9 Å². The zero-order chi connectivity index (χ0) is 29.3. The highest BCUT2D eigenvalue weighted by Crippen LogP contribution is 2.52. The van der Waals surface area contributed by atoms with E-state index in [9.17, 15) is 23.2 Å².